The molecule has 0 aliphatic heterocycles. The van der Waals surface area contributed by atoms with Gasteiger partial charge in [0.1, 0.15) is 11.5 Å². The number of nitrogens with one attached hydrogen (secondary N) is 1. The summed E-state index contributed by atoms with van der Waals surface area (Å²) in [7, 11) is 0. The molecule has 0 aliphatic carbocycles. The second kappa shape index (κ2) is 5.81. The topological polar surface area (TPSA) is 69.0 Å². The third-order valence-electron chi connectivity index (χ3n) is 3.77. The summed E-state index contributed by atoms with van der Waals surface area (Å²) in [4.78, 5) is 0. The largest absolute Gasteiger partial charge is 0.466 e. The van der Waals surface area contributed by atoms with E-state index in [1.165, 1.54) is 0 Å². The molecule has 0 saturated heterocycles. The van der Waals surface area contributed by atoms with Crippen LogP contribution in [0.4, 0.5) is 0 Å². The molecule has 0 bridgehead atoms. The number of aryl methyl sites for hydroxylation is 2. The molecule has 5 heteroatoms. The van der Waals surface area contributed by atoms with Gasteiger partial charge in [0.25, 0.3) is 0 Å². The Kier molecular flexibility index (Phi) is 4.30. The molecule has 3 N–H and O–H groups in total. The zero-order valence-electron chi connectivity index (χ0n) is 12.9. The zero-order valence-corrected chi connectivity index (χ0v) is 12.9. The number of rotatable bonds is 5. The molecule has 2 heterocycles. The van der Waals surface area contributed by atoms with Crippen molar-refractivity contribution in [2.75, 3.05) is 0 Å². The molecule has 1 unspecified atom stereocenters. The Labute approximate surface area is 120 Å². The van der Waals surface area contributed by atoms with Gasteiger partial charge in [-0.25, -0.2) is 0 Å². The van der Waals surface area contributed by atoms with Gasteiger partial charge in [-0.3, -0.25) is 16.0 Å². The van der Waals surface area contributed by atoms with E-state index in [-0.39, 0.29) is 6.04 Å². The minimum Gasteiger partial charge on any atom is -0.466 e. The Bertz CT molecular complexity index is 583. The normalized spacial score (nSPS) is 13.2. The van der Waals surface area contributed by atoms with Crippen molar-refractivity contribution in [3.63, 3.8) is 0 Å². The van der Waals surface area contributed by atoms with E-state index in [2.05, 4.69) is 31.3 Å². The monoisotopic (exact) mass is 276 g/mol. The molecule has 0 aromatic carbocycles. The summed E-state index contributed by atoms with van der Waals surface area (Å²) >= 11 is 0. The van der Waals surface area contributed by atoms with Gasteiger partial charge in [0, 0.05) is 24.2 Å². The van der Waals surface area contributed by atoms with Crippen molar-refractivity contribution in [3.05, 3.63) is 40.6 Å². The number of nitrogens with zero attached hydrogens (tertiary/aromatic N) is 2. The van der Waals surface area contributed by atoms with Crippen LogP contribution in [0, 0.1) is 20.8 Å². The maximum atomic E-state index is 5.74. The van der Waals surface area contributed by atoms with Crippen LogP contribution in [0.1, 0.15) is 54.3 Å². The summed E-state index contributed by atoms with van der Waals surface area (Å²) < 4.78 is 7.65. The van der Waals surface area contributed by atoms with Crippen molar-refractivity contribution < 1.29 is 4.42 Å². The van der Waals surface area contributed by atoms with Crippen molar-refractivity contribution in [2.24, 2.45) is 5.84 Å². The summed E-state index contributed by atoms with van der Waals surface area (Å²) in [5, 5.41) is 4.58. The van der Waals surface area contributed by atoms with E-state index in [1.807, 2.05) is 30.8 Å². The predicted octanol–water partition coefficient (Wildman–Crippen LogP) is 2.73. The second-order valence-corrected chi connectivity index (χ2v) is 5.56. The fourth-order valence-corrected chi connectivity index (χ4v) is 2.55. The smallest absolute Gasteiger partial charge is 0.106 e. The molecule has 2 aromatic heterocycles. The number of furan rings is 1. The Hall–Kier alpha value is -1.59. The lowest BCUT2D eigenvalue weighted by atomic mass is 9.99. The van der Waals surface area contributed by atoms with Crippen LogP contribution >= 0.6 is 0 Å². The highest BCUT2D eigenvalue weighted by Gasteiger charge is 2.21. The second-order valence-electron chi connectivity index (χ2n) is 5.56. The van der Waals surface area contributed by atoms with Crippen LogP contribution in [0.2, 0.25) is 0 Å². The van der Waals surface area contributed by atoms with Gasteiger partial charge in [-0.05, 0) is 46.2 Å². The molecule has 20 heavy (non-hydrogen) atoms. The van der Waals surface area contributed by atoms with Crippen molar-refractivity contribution in [3.8, 4) is 0 Å². The predicted molar refractivity (Wildman–Crippen MR) is 79.3 cm³/mol. The Balaban J connectivity index is 2.24. The third-order valence-corrected chi connectivity index (χ3v) is 3.77. The van der Waals surface area contributed by atoms with E-state index >= 15 is 0 Å². The molecule has 110 valence electrons. The highest BCUT2D eigenvalue weighted by molar-refractivity contribution is 5.35. The SMILES string of the molecule is Cc1oc(C)c(C(Cc2ccn(C(C)C)n2)NN)c1C. The zero-order chi connectivity index (χ0) is 14.9. The molecule has 0 saturated carbocycles. The van der Waals surface area contributed by atoms with Crippen LogP contribution in [0.25, 0.3) is 0 Å². The van der Waals surface area contributed by atoms with Gasteiger partial charge >= 0.3 is 0 Å². The molecule has 1 atom stereocenters. The lowest BCUT2D eigenvalue weighted by Gasteiger charge is -2.15. The molecule has 0 aliphatic rings. The van der Waals surface area contributed by atoms with Gasteiger partial charge in [-0.2, -0.15) is 5.10 Å². The van der Waals surface area contributed by atoms with Crippen LogP contribution in [0.15, 0.2) is 16.7 Å². The van der Waals surface area contributed by atoms with Crippen LogP contribution in [-0.2, 0) is 6.42 Å². The number of hydrogen-bond acceptors (Lipinski definition) is 4. The number of aromatic nitrogens is 2. The lowest BCUT2D eigenvalue weighted by molar-refractivity contribution is 0.479. The molecule has 5 nitrogen and oxygen atoms in total. The van der Waals surface area contributed by atoms with Gasteiger partial charge < -0.3 is 4.42 Å². The van der Waals surface area contributed by atoms with Gasteiger partial charge in [-0.15, -0.1) is 0 Å². The summed E-state index contributed by atoms with van der Waals surface area (Å²) in [5.74, 6) is 7.61. The van der Waals surface area contributed by atoms with Gasteiger partial charge in [0.15, 0.2) is 0 Å². The van der Waals surface area contributed by atoms with Crippen LogP contribution < -0.4 is 11.3 Å². The van der Waals surface area contributed by atoms with E-state index in [0.717, 1.165) is 34.8 Å². The van der Waals surface area contributed by atoms with Crippen molar-refractivity contribution in [2.45, 2.75) is 53.1 Å². The molecular weight excluding hydrogens is 252 g/mol. The highest BCUT2D eigenvalue weighted by atomic mass is 16.3. The van der Waals surface area contributed by atoms with Crippen molar-refractivity contribution in [1.29, 1.82) is 0 Å². The molecular formula is C15H24N4O. The maximum Gasteiger partial charge on any atom is 0.106 e. The summed E-state index contributed by atoms with van der Waals surface area (Å²) in [6.07, 6.45) is 2.75. The minimum absolute atomic E-state index is 0.0166. The number of hydrogen-bond donors (Lipinski definition) is 2. The standard InChI is InChI=1S/C15H24N4O/c1-9(2)19-7-6-13(18-19)8-14(17-16)15-10(3)11(4)20-12(15)5/h6-7,9,14,17H,8,16H2,1-5H3. The van der Waals surface area contributed by atoms with Gasteiger partial charge in [-0.1, -0.05) is 0 Å². The van der Waals surface area contributed by atoms with E-state index in [4.69, 9.17) is 10.3 Å². The molecule has 0 amide bonds. The molecule has 0 spiro atoms. The fourth-order valence-electron chi connectivity index (χ4n) is 2.55. The summed E-state index contributed by atoms with van der Waals surface area (Å²) in [5.41, 5.74) is 6.22. The highest BCUT2D eigenvalue weighted by Crippen LogP contribution is 2.28. The van der Waals surface area contributed by atoms with Crippen LogP contribution in [-0.4, -0.2) is 9.78 Å². The number of nitrogens with two attached hydrogens (primary N) is 1. The van der Waals surface area contributed by atoms with E-state index < -0.39 is 0 Å². The van der Waals surface area contributed by atoms with E-state index in [0.29, 0.717) is 6.04 Å². The maximum absolute atomic E-state index is 5.74. The fraction of sp³-hybridized carbons (Fsp3) is 0.533. The molecule has 2 aromatic rings. The number of hydrazine groups is 1. The van der Waals surface area contributed by atoms with E-state index in [1.54, 1.807) is 0 Å². The van der Waals surface area contributed by atoms with Gasteiger partial charge in [0.2, 0.25) is 0 Å². The Morgan fingerprint density at radius 3 is 2.45 bits per heavy atom. The Morgan fingerprint density at radius 2 is 2.00 bits per heavy atom. The first-order valence-corrected chi connectivity index (χ1v) is 7.00. The van der Waals surface area contributed by atoms with E-state index in [9.17, 15) is 0 Å². The lowest BCUT2D eigenvalue weighted by Crippen LogP contribution is -2.30. The summed E-state index contributed by atoms with van der Waals surface area (Å²) in [6.45, 7) is 10.3. The molecule has 0 radical (unpaired) electrons. The Morgan fingerprint density at radius 1 is 1.30 bits per heavy atom. The molecule has 0 fully saturated rings. The van der Waals surface area contributed by atoms with Crippen LogP contribution in [0.3, 0.4) is 0 Å². The van der Waals surface area contributed by atoms with Gasteiger partial charge in [0.05, 0.1) is 11.7 Å². The first-order valence-electron chi connectivity index (χ1n) is 7.00. The summed E-state index contributed by atoms with van der Waals surface area (Å²) in [6, 6.07) is 2.43. The first-order chi connectivity index (χ1) is 9.43. The average Bonchev–Trinajstić information content (AvgIpc) is 2.94. The first kappa shape index (κ1) is 14.8. The van der Waals surface area contributed by atoms with Crippen LogP contribution in [0.5, 0.6) is 0 Å². The van der Waals surface area contributed by atoms with Crippen molar-refractivity contribution >= 4 is 0 Å². The quantitative estimate of drug-likeness (QED) is 0.651. The molecule has 2 rings (SSSR count). The minimum atomic E-state index is 0.0166. The third kappa shape index (κ3) is 2.78. The average molecular weight is 276 g/mol. The van der Waals surface area contributed by atoms with Crippen molar-refractivity contribution in [1.82, 2.24) is 15.2 Å².